The third-order valence-electron chi connectivity index (χ3n) is 6.43. The fourth-order valence-corrected chi connectivity index (χ4v) is 5.03. The van der Waals surface area contributed by atoms with Crippen molar-refractivity contribution in [3.8, 4) is 0 Å². The van der Waals surface area contributed by atoms with Crippen LogP contribution in [0.4, 0.5) is 0 Å². The van der Waals surface area contributed by atoms with Crippen molar-refractivity contribution in [1.82, 2.24) is 9.80 Å². The largest absolute Gasteiger partial charge is 0.331 e. The van der Waals surface area contributed by atoms with Gasteiger partial charge in [-0.3, -0.25) is 19.3 Å². The highest BCUT2D eigenvalue weighted by Gasteiger charge is 2.44. The van der Waals surface area contributed by atoms with Crippen LogP contribution in [0, 0.1) is 0 Å². The smallest absolute Gasteiger partial charge is 0.261 e. The van der Waals surface area contributed by atoms with Gasteiger partial charge in [-0.25, -0.2) is 0 Å². The molecule has 2 heterocycles. The minimum Gasteiger partial charge on any atom is -0.331 e. The second-order valence-electron chi connectivity index (χ2n) is 8.31. The summed E-state index contributed by atoms with van der Waals surface area (Å²) in [6, 6.07) is 24.2. The molecule has 3 amide bonds. The van der Waals surface area contributed by atoms with Gasteiger partial charge in [0.1, 0.15) is 0 Å². The van der Waals surface area contributed by atoms with Gasteiger partial charge in [0.2, 0.25) is 0 Å². The van der Waals surface area contributed by atoms with Gasteiger partial charge >= 0.3 is 0 Å². The Kier molecular flexibility index (Phi) is 5.10. The Labute approximate surface area is 187 Å². The Morgan fingerprint density at radius 3 is 1.88 bits per heavy atom. The predicted molar refractivity (Wildman–Crippen MR) is 122 cm³/mol. The average molecular weight is 425 g/mol. The van der Waals surface area contributed by atoms with E-state index in [2.05, 4.69) is 6.92 Å². The number of carbonyl (C=O) groups is 3. The molecule has 0 fully saturated rings. The molecule has 5 nitrogen and oxygen atoms in total. The summed E-state index contributed by atoms with van der Waals surface area (Å²) < 4.78 is 0. The lowest BCUT2D eigenvalue weighted by molar-refractivity contribution is 0.0535. The number of carbonyl (C=O) groups excluding carboxylic acids is 3. The first-order valence-electron chi connectivity index (χ1n) is 11.0. The van der Waals surface area contributed by atoms with E-state index in [4.69, 9.17) is 0 Å². The van der Waals surface area contributed by atoms with Crippen molar-refractivity contribution in [3.63, 3.8) is 0 Å². The van der Waals surface area contributed by atoms with Crippen molar-refractivity contribution in [3.05, 3.63) is 107 Å². The average Bonchev–Trinajstić information content (AvgIpc) is 3.07. The number of imide groups is 1. The highest BCUT2D eigenvalue weighted by Crippen LogP contribution is 2.44. The second kappa shape index (κ2) is 8.08. The SMILES string of the molecule is CCCN1C(=O)c2ccccc2[C@@H](CN2C(=O)c3ccccc3C2=O)[C@@H]1c1ccccc1. The lowest BCUT2D eigenvalue weighted by Crippen LogP contribution is -2.47. The molecule has 0 aliphatic carbocycles. The van der Waals surface area contributed by atoms with Gasteiger partial charge in [-0.05, 0) is 35.7 Å². The van der Waals surface area contributed by atoms with Crippen LogP contribution >= 0.6 is 0 Å². The molecule has 0 N–H and O–H groups in total. The zero-order chi connectivity index (χ0) is 22.2. The van der Waals surface area contributed by atoms with Crippen LogP contribution in [-0.4, -0.2) is 40.6 Å². The van der Waals surface area contributed by atoms with Crippen molar-refractivity contribution in [2.24, 2.45) is 0 Å². The molecule has 3 aromatic rings. The van der Waals surface area contributed by atoms with Gasteiger partial charge in [0.15, 0.2) is 0 Å². The summed E-state index contributed by atoms with van der Waals surface area (Å²) in [5, 5.41) is 0. The molecule has 0 saturated carbocycles. The maximum atomic E-state index is 13.5. The minimum atomic E-state index is -0.270. The number of nitrogens with zero attached hydrogens (tertiary/aromatic N) is 2. The molecule has 160 valence electrons. The van der Waals surface area contributed by atoms with Crippen LogP contribution in [0.1, 0.15) is 67.5 Å². The Hall–Kier alpha value is -3.73. The highest BCUT2D eigenvalue weighted by molar-refractivity contribution is 6.21. The number of amides is 3. The summed E-state index contributed by atoms with van der Waals surface area (Å²) >= 11 is 0. The summed E-state index contributed by atoms with van der Waals surface area (Å²) in [5.41, 5.74) is 3.43. The van der Waals surface area contributed by atoms with E-state index < -0.39 is 0 Å². The summed E-state index contributed by atoms with van der Waals surface area (Å²) in [6.07, 6.45) is 0.816. The van der Waals surface area contributed by atoms with Crippen molar-refractivity contribution in [2.45, 2.75) is 25.3 Å². The maximum absolute atomic E-state index is 13.5. The van der Waals surface area contributed by atoms with Gasteiger partial charge in [0.25, 0.3) is 17.7 Å². The standard InChI is InChI=1S/C27H24N2O3/c1-2-16-28-24(18-10-4-3-5-11-18)23(19-12-6-7-13-20(19)25(28)30)17-29-26(31)21-14-8-9-15-22(21)27(29)32/h3-15,23-24H,2,16-17H2,1H3/t23-,24+/m1/s1. The molecule has 0 bridgehead atoms. The number of fused-ring (bicyclic) bond motifs is 2. The van der Waals surface area contributed by atoms with Crippen LogP contribution in [0.25, 0.3) is 0 Å². The third kappa shape index (κ3) is 3.12. The number of hydrogen-bond donors (Lipinski definition) is 0. The van der Waals surface area contributed by atoms with Crippen LogP contribution in [0.5, 0.6) is 0 Å². The van der Waals surface area contributed by atoms with E-state index in [1.165, 1.54) is 4.90 Å². The molecule has 5 heteroatoms. The third-order valence-corrected chi connectivity index (χ3v) is 6.43. The molecule has 2 aliphatic rings. The molecular weight excluding hydrogens is 400 g/mol. The lowest BCUT2D eigenvalue weighted by atomic mass is 9.79. The molecule has 0 saturated heterocycles. The first-order valence-corrected chi connectivity index (χ1v) is 11.0. The van der Waals surface area contributed by atoms with Gasteiger partial charge in [-0.1, -0.05) is 67.6 Å². The van der Waals surface area contributed by atoms with Crippen LogP contribution in [-0.2, 0) is 0 Å². The molecule has 0 spiro atoms. The van der Waals surface area contributed by atoms with E-state index in [0.29, 0.717) is 23.2 Å². The maximum Gasteiger partial charge on any atom is 0.261 e. The van der Waals surface area contributed by atoms with Crippen molar-refractivity contribution in [1.29, 1.82) is 0 Å². The van der Waals surface area contributed by atoms with Gasteiger partial charge in [-0.15, -0.1) is 0 Å². The molecule has 2 atom stereocenters. The van der Waals surface area contributed by atoms with Crippen LogP contribution in [0.3, 0.4) is 0 Å². The zero-order valence-electron chi connectivity index (χ0n) is 17.9. The Morgan fingerprint density at radius 1 is 0.688 bits per heavy atom. The van der Waals surface area contributed by atoms with Crippen molar-refractivity contribution >= 4 is 17.7 Å². The summed E-state index contributed by atoms with van der Waals surface area (Å²) in [5.74, 6) is -0.766. The normalized spacial score (nSPS) is 19.8. The number of benzene rings is 3. The summed E-state index contributed by atoms with van der Waals surface area (Å²) in [7, 11) is 0. The van der Waals surface area contributed by atoms with E-state index in [1.807, 2.05) is 59.5 Å². The van der Waals surface area contributed by atoms with Crippen LogP contribution in [0.15, 0.2) is 78.9 Å². The quantitative estimate of drug-likeness (QED) is 0.559. The molecule has 0 unspecified atom stereocenters. The second-order valence-corrected chi connectivity index (χ2v) is 8.31. The Bertz CT molecular complexity index is 1170. The van der Waals surface area contributed by atoms with Gasteiger partial charge in [0, 0.05) is 24.6 Å². The first kappa shape index (κ1) is 20.2. The van der Waals surface area contributed by atoms with Crippen molar-refractivity contribution < 1.29 is 14.4 Å². The van der Waals surface area contributed by atoms with Crippen LogP contribution in [0.2, 0.25) is 0 Å². The van der Waals surface area contributed by atoms with Crippen LogP contribution < -0.4 is 0 Å². The van der Waals surface area contributed by atoms with Gasteiger partial charge < -0.3 is 4.90 Å². The number of rotatable bonds is 5. The van der Waals surface area contributed by atoms with E-state index in [9.17, 15) is 14.4 Å². The van der Waals surface area contributed by atoms with E-state index >= 15 is 0 Å². The predicted octanol–water partition coefficient (Wildman–Crippen LogP) is 4.67. The fraction of sp³-hybridized carbons (Fsp3) is 0.222. The van der Waals surface area contributed by atoms with Crippen molar-refractivity contribution in [2.75, 3.05) is 13.1 Å². The molecule has 0 aromatic heterocycles. The topological polar surface area (TPSA) is 57.7 Å². The molecule has 5 rings (SSSR count). The molecule has 0 radical (unpaired) electrons. The Balaban J connectivity index is 1.62. The van der Waals surface area contributed by atoms with E-state index in [0.717, 1.165) is 17.5 Å². The van der Waals surface area contributed by atoms with E-state index in [1.54, 1.807) is 24.3 Å². The molecular formula is C27H24N2O3. The van der Waals surface area contributed by atoms with Gasteiger partial charge in [-0.2, -0.15) is 0 Å². The lowest BCUT2D eigenvalue weighted by Gasteiger charge is -2.43. The van der Waals surface area contributed by atoms with E-state index in [-0.39, 0.29) is 36.2 Å². The minimum absolute atomic E-state index is 0.00471. The fourth-order valence-electron chi connectivity index (χ4n) is 5.03. The van der Waals surface area contributed by atoms with Gasteiger partial charge in [0.05, 0.1) is 17.2 Å². The monoisotopic (exact) mass is 424 g/mol. The zero-order valence-corrected chi connectivity index (χ0v) is 17.9. The first-order chi connectivity index (χ1) is 15.6. The highest BCUT2D eigenvalue weighted by atomic mass is 16.2. The summed E-state index contributed by atoms with van der Waals surface area (Å²) in [4.78, 5) is 43.0. The Morgan fingerprint density at radius 2 is 1.25 bits per heavy atom. The number of hydrogen-bond acceptors (Lipinski definition) is 3. The molecule has 3 aromatic carbocycles. The molecule has 2 aliphatic heterocycles. The summed E-state index contributed by atoms with van der Waals surface area (Å²) in [6.45, 7) is 2.87. The molecule has 32 heavy (non-hydrogen) atoms.